The average molecular weight is 289 g/mol. The van der Waals surface area contributed by atoms with Crippen molar-refractivity contribution < 1.29 is 0 Å². The van der Waals surface area contributed by atoms with Gasteiger partial charge in [-0.1, -0.05) is 44.2 Å². The van der Waals surface area contributed by atoms with E-state index in [0.717, 1.165) is 19.5 Å². The molecule has 3 heteroatoms. The average Bonchev–Trinajstić information content (AvgIpc) is 2.47. The van der Waals surface area contributed by atoms with E-state index in [2.05, 4.69) is 54.4 Å². The molecule has 1 aromatic rings. The first-order valence-corrected chi connectivity index (χ1v) is 8.38. The number of benzene rings is 1. The second-order valence-corrected chi connectivity index (χ2v) is 6.83. The number of nitrogens with zero attached hydrogens (tertiary/aromatic N) is 1. The monoisotopic (exact) mass is 289 g/mol. The van der Waals surface area contributed by atoms with E-state index in [9.17, 15) is 0 Å². The highest BCUT2D eigenvalue weighted by Crippen LogP contribution is 2.14. The van der Waals surface area contributed by atoms with Crippen molar-refractivity contribution in [1.29, 1.82) is 0 Å². The van der Waals surface area contributed by atoms with Gasteiger partial charge in [-0.15, -0.1) is 0 Å². The normalized spacial score (nSPS) is 19.0. The van der Waals surface area contributed by atoms with Gasteiger partial charge in [0.15, 0.2) is 0 Å². The molecular formula is C18H31N3. The fraction of sp³-hybridized carbons (Fsp3) is 0.667. The summed E-state index contributed by atoms with van der Waals surface area (Å²) in [5.41, 5.74) is 7.57. The van der Waals surface area contributed by atoms with Gasteiger partial charge in [0.2, 0.25) is 0 Å². The number of nitrogens with one attached hydrogen (secondary N) is 1. The highest BCUT2D eigenvalue weighted by Gasteiger charge is 2.19. The highest BCUT2D eigenvalue weighted by molar-refractivity contribution is 5.14. The standard InChI is InChI=1S/C18H31N3/c1-15(2)12-17(19)13-20-18-8-10-21(11-9-18)14-16-6-4-3-5-7-16/h3-7,15,17-18,20H,8-14,19H2,1-2H3. The summed E-state index contributed by atoms with van der Waals surface area (Å²) in [6, 6.07) is 11.7. The number of nitrogens with two attached hydrogens (primary N) is 1. The number of hydrogen-bond acceptors (Lipinski definition) is 3. The minimum atomic E-state index is 0.298. The Bertz CT molecular complexity index is 383. The SMILES string of the molecule is CC(C)CC(N)CNC1CCN(Cc2ccccc2)CC1. The van der Waals surface area contributed by atoms with Gasteiger partial charge in [-0.2, -0.15) is 0 Å². The lowest BCUT2D eigenvalue weighted by atomic mass is 10.0. The first-order chi connectivity index (χ1) is 10.1. The van der Waals surface area contributed by atoms with Crippen molar-refractivity contribution in [3.63, 3.8) is 0 Å². The smallest absolute Gasteiger partial charge is 0.0233 e. The second-order valence-electron chi connectivity index (χ2n) is 6.83. The zero-order valence-electron chi connectivity index (χ0n) is 13.6. The maximum absolute atomic E-state index is 6.15. The van der Waals surface area contributed by atoms with Gasteiger partial charge in [-0.3, -0.25) is 4.90 Å². The van der Waals surface area contributed by atoms with Crippen LogP contribution in [0.15, 0.2) is 30.3 Å². The van der Waals surface area contributed by atoms with Crippen LogP contribution in [0, 0.1) is 5.92 Å². The van der Waals surface area contributed by atoms with Gasteiger partial charge in [-0.25, -0.2) is 0 Å². The van der Waals surface area contributed by atoms with Crippen LogP contribution in [-0.2, 0) is 6.54 Å². The Morgan fingerprint density at radius 1 is 1.19 bits per heavy atom. The van der Waals surface area contributed by atoms with Crippen LogP contribution in [0.3, 0.4) is 0 Å². The third-order valence-electron chi connectivity index (χ3n) is 4.28. The Morgan fingerprint density at radius 2 is 1.86 bits per heavy atom. The van der Waals surface area contributed by atoms with E-state index in [1.807, 2.05) is 0 Å². The van der Waals surface area contributed by atoms with Crippen molar-refractivity contribution in [3.05, 3.63) is 35.9 Å². The minimum Gasteiger partial charge on any atom is -0.327 e. The van der Waals surface area contributed by atoms with Gasteiger partial charge in [0.25, 0.3) is 0 Å². The molecule has 0 amide bonds. The van der Waals surface area contributed by atoms with Gasteiger partial charge in [0.05, 0.1) is 0 Å². The van der Waals surface area contributed by atoms with E-state index >= 15 is 0 Å². The molecule has 3 nitrogen and oxygen atoms in total. The molecule has 1 saturated heterocycles. The number of piperidine rings is 1. The van der Waals surface area contributed by atoms with Crippen LogP contribution in [0.4, 0.5) is 0 Å². The van der Waals surface area contributed by atoms with E-state index < -0.39 is 0 Å². The fourth-order valence-electron chi connectivity index (χ4n) is 3.14. The summed E-state index contributed by atoms with van der Waals surface area (Å²) in [4.78, 5) is 2.56. The molecule has 1 atom stereocenters. The van der Waals surface area contributed by atoms with Crippen molar-refractivity contribution in [2.24, 2.45) is 11.7 Å². The first kappa shape index (κ1) is 16.5. The number of rotatable bonds is 7. The Kier molecular flexibility index (Phi) is 6.68. The van der Waals surface area contributed by atoms with Crippen molar-refractivity contribution in [2.75, 3.05) is 19.6 Å². The van der Waals surface area contributed by atoms with Gasteiger partial charge in [0, 0.05) is 25.2 Å². The number of likely N-dealkylation sites (tertiary alicyclic amines) is 1. The molecule has 2 rings (SSSR count). The quantitative estimate of drug-likeness (QED) is 0.811. The van der Waals surface area contributed by atoms with Crippen LogP contribution in [0.2, 0.25) is 0 Å². The van der Waals surface area contributed by atoms with Gasteiger partial charge in [-0.05, 0) is 43.8 Å². The van der Waals surface area contributed by atoms with E-state index in [-0.39, 0.29) is 0 Å². The summed E-state index contributed by atoms with van der Waals surface area (Å²) in [7, 11) is 0. The molecule has 1 unspecified atom stereocenters. The van der Waals surface area contributed by atoms with Crippen LogP contribution in [0.25, 0.3) is 0 Å². The van der Waals surface area contributed by atoms with E-state index in [4.69, 9.17) is 5.73 Å². The van der Waals surface area contributed by atoms with Crippen LogP contribution in [0.5, 0.6) is 0 Å². The van der Waals surface area contributed by atoms with Crippen molar-refractivity contribution >= 4 is 0 Å². The molecule has 0 bridgehead atoms. The van der Waals surface area contributed by atoms with Crippen LogP contribution >= 0.6 is 0 Å². The van der Waals surface area contributed by atoms with Crippen molar-refractivity contribution in [2.45, 2.75) is 51.7 Å². The summed E-state index contributed by atoms with van der Waals surface area (Å²) < 4.78 is 0. The topological polar surface area (TPSA) is 41.3 Å². The molecule has 1 aliphatic rings. The lowest BCUT2D eigenvalue weighted by Crippen LogP contribution is -2.46. The van der Waals surface area contributed by atoms with Gasteiger partial charge < -0.3 is 11.1 Å². The highest BCUT2D eigenvalue weighted by atomic mass is 15.1. The molecule has 0 radical (unpaired) electrons. The third kappa shape index (κ3) is 6.16. The summed E-state index contributed by atoms with van der Waals surface area (Å²) in [5.74, 6) is 0.689. The molecule has 1 fully saturated rings. The number of hydrogen-bond donors (Lipinski definition) is 2. The van der Waals surface area contributed by atoms with Crippen LogP contribution in [0.1, 0.15) is 38.7 Å². The molecule has 3 N–H and O–H groups in total. The predicted molar refractivity (Wildman–Crippen MR) is 90.2 cm³/mol. The van der Waals surface area contributed by atoms with E-state index in [0.29, 0.717) is 18.0 Å². The third-order valence-corrected chi connectivity index (χ3v) is 4.28. The minimum absolute atomic E-state index is 0.298. The lowest BCUT2D eigenvalue weighted by molar-refractivity contribution is 0.189. The van der Waals surface area contributed by atoms with Crippen molar-refractivity contribution in [1.82, 2.24) is 10.2 Å². The van der Waals surface area contributed by atoms with E-state index in [1.165, 1.54) is 31.5 Å². The summed E-state index contributed by atoms with van der Waals surface area (Å²) in [5, 5.41) is 3.66. The lowest BCUT2D eigenvalue weighted by Gasteiger charge is -2.33. The summed E-state index contributed by atoms with van der Waals surface area (Å²) >= 11 is 0. The molecule has 0 aliphatic carbocycles. The molecule has 21 heavy (non-hydrogen) atoms. The summed E-state index contributed by atoms with van der Waals surface area (Å²) in [6.45, 7) is 8.89. The van der Waals surface area contributed by atoms with Crippen LogP contribution < -0.4 is 11.1 Å². The Labute approximate surface area is 129 Å². The molecule has 118 valence electrons. The Balaban J connectivity index is 1.64. The first-order valence-electron chi connectivity index (χ1n) is 8.38. The zero-order chi connectivity index (χ0) is 15.1. The molecule has 0 saturated carbocycles. The maximum atomic E-state index is 6.15. The molecule has 1 heterocycles. The molecular weight excluding hydrogens is 258 g/mol. The summed E-state index contributed by atoms with van der Waals surface area (Å²) in [6.07, 6.45) is 3.59. The van der Waals surface area contributed by atoms with Crippen molar-refractivity contribution in [3.8, 4) is 0 Å². The molecule has 0 spiro atoms. The molecule has 1 aliphatic heterocycles. The molecule has 1 aromatic carbocycles. The van der Waals surface area contributed by atoms with Gasteiger partial charge in [0.1, 0.15) is 0 Å². The molecule has 0 aromatic heterocycles. The Hall–Kier alpha value is -0.900. The fourth-order valence-corrected chi connectivity index (χ4v) is 3.14. The van der Waals surface area contributed by atoms with Gasteiger partial charge >= 0.3 is 0 Å². The second kappa shape index (κ2) is 8.52. The van der Waals surface area contributed by atoms with Crippen LogP contribution in [-0.4, -0.2) is 36.6 Å². The van der Waals surface area contributed by atoms with E-state index in [1.54, 1.807) is 0 Å². The maximum Gasteiger partial charge on any atom is 0.0233 e. The Morgan fingerprint density at radius 3 is 2.48 bits per heavy atom. The zero-order valence-corrected chi connectivity index (χ0v) is 13.6. The predicted octanol–water partition coefficient (Wildman–Crippen LogP) is 2.61. The largest absolute Gasteiger partial charge is 0.327 e.